The van der Waals surface area contributed by atoms with Crippen LogP contribution in [-0.2, 0) is 4.79 Å². The van der Waals surface area contributed by atoms with Crippen LogP contribution in [0.5, 0.6) is 0 Å². The summed E-state index contributed by atoms with van der Waals surface area (Å²) >= 11 is 0. The second-order valence-corrected chi connectivity index (χ2v) is 5.07. The fourth-order valence-corrected chi connectivity index (χ4v) is 2.24. The van der Waals surface area contributed by atoms with E-state index in [0.29, 0.717) is 5.92 Å². The molecule has 15 heavy (non-hydrogen) atoms. The van der Waals surface area contributed by atoms with Crippen molar-refractivity contribution in [1.29, 1.82) is 0 Å². The SMILES string of the molecule is C[C@H](CC[C@H](N)CC(=O)O)CC1CCC1. The van der Waals surface area contributed by atoms with E-state index in [2.05, 4.69) is 6.92 Å². The number of carboxylic acids is 1. The number of hydrogen-bond donors (Lipinski definition) is 2. The summed E-state index contributed by atoms with van der Waals surface area (Å²) in [5, 5.41) is 8.56. The van der Waals surface area contributed by atoms with E-state index >= 15 is 0 Å². The first-order valence-corrected chi connectivity index (χ1v) is 6.05. The minimum absolute atomic E-state index is 0.107. The average Bonchev–Trinajstić information content (AvgIpc) is 2.07. The zero-order chi connectivity index (χ0) is 11.3. The van der Waals surface area contributed by atoms with Gasteiger partial charge in [0, 0.05) is 6.04 Å². The Morgan fingerprint density at radius 1 is 1.47 bits per heavy atom. The van der Waals surface area contributed by atoms with Crippen LogP contribution in [0.25, 0.3) is 0 Å². The maximum atomic E-state index is 10.4. The minimum atomic E-state index is -0.783. The smallest absolute Gasteiger partial charge is 0.304 e. The maximum Gasteiger partial charge on any atom is 0.304 e. The molecule has 3 heteroatoms. The predicted molar refractivity (Wildman–Crippen MR) is 60.6 cm³/mol. The number of nitrogens with two attached hydrogens (primary N) is 1. The highest BCUT2D eigenvalue weighted by atomic mass is 16.4. The second-order valence-electron chi connectivity index (χ2n) is 5.07. The van der Waals surface area contributed by atoms with E-state index in [1.54, 1.807) is 0 Å². The quantitative estimate of drug-likeness (QED) is 0.682. The normalized spacial score (nSPS) is 20.7. The summed E-state index contributed by atoms with van der Waals surface area (Å²) in [4.78, 5) is 10.4. The molecule has 3 nitrogen and oxygen atoms in total. The lowest BCUT2D eigenvalue weighted by Crippen LogP contribution is -2.24. The van der Waals surface area contributed by atoms with Gasteiger partial charge in [0.05, 0.1) is 6.42 Å². The molecule has 1 aliphatic carbocycles. The zero-order valence-electron chi connectivity index (χ0n) is 9.61. The number of carbonyl (C=O) groups is 1. The molecule has 1 fully saturated rings. The van der Waals surface area contributed by atoms with E-state index in [9.17, 15) is 4.79 Å². The molecular weight excluding hydrogens is 190 g/mol. The fraction of sp³-hybridized carbons (Fsp3) is 0.917. The Morgan fingerprint density at radius 2 is 2.13 bits per heavy atom. The van der Waals surface area contributed by atoms with Crippen LogP contribution in [0.2, 0.25) is 0 Å². The number of aliphatic carboxylic acids is 1. The Hall–Kier alpha value is -0.570. The van der Waals surface area contributed by atoms with Crippen LogP contribution in [0.1, 0.15) is 51.9 Å². The van der Waals surface area contributed by atoms with Gasteiger partial charge in [-0.3, -0.25) is 4.79 Å². The second kappa shape index (κ2) is 6.11. The van der Waals surface area contributed by atoms with Gasteiger partial charge in [-0.15, -0.1) is 0 Å². The summed E-state index contributed by atoms with van der Waals surface area (Å²) in [6.45, 7) is 2.26. The van der Waals surface area contributed by atoms with Gasteiger partial charge in [0.2, 0.25) is 0 Å². The third-order valence-corrected chi connectivity index (χ3v) is 3.43. The van der Waals surface area contributed by atoms with Gasteiger partial charge < -0.3 is 10.8 Å². The molecule has 0 heterocycles. The molecule has 0 radical (unpaired) electrons. The number of rotatable bonds is 7. The summed E-state index contributed by atoms with van der Waals surface area (Å²) in [6, 6.07) is -0.161. The molecule has 0 aromatic rings. The molecule has 0 saturated heterocycles. The van der Waals surface area contributed by atoms with Crippen molar-refractivity contribution in [2.45, 2.75) is 57.9 Å². The molecule has 0 aliphatic heterocycles. The van der Waals surface area contributed by atoms with Crippen LogP contribution in [0.4, 0.5) is 0 Å². The lowest BCUT2D eigenvalue weighted by molar-refractivity contribution is -0.137. The van der Waals surface area contributed by atoms with E-state index in [4.69, 9.17) is 10.8 Å². The van der Waals surface area contributed by atoms with Crippen molar-refractivity contribution in [3.63, 3.8) is 0 Å². The predicted octanol–water partition coefficient (Wildman–Crippen LogP) is 2.39. The minimum Gasteiger partial charge on any atom is -0.481 e. The van der Waals surface area contributed by atoms with Gasteiger partial charge in [-0.1, -0.05) is 26.2 Å². The Balaban J connectivity index is 2.04. The van der Waals surface area contributed by atoms with E-state index in [1.165, 1.54) is 25.7 Å². The van der Waals surface area contributed by atoms with Crippen LogP contribution in [0.15, 0.2) is 0 Å². The zero-order valence-corrected chi connectivity index (χ0v) is 9.61. The highest BCUT2D eigenvalue weighted by Gasteiger charge is 2.20. The molecule has 0 aromatic carbocycles. The summed E-state index contributed by atoms with van der Waals surface area (Å²) in [5.41, 5.74) is 5.72. The lowest BCUT2D eigenvalue weighted by Gasteiger charge is -2.28. The van der Waals surface area contributed by atoms with Crippen molar-refractivity contribution in [2.24, 2.45) is 17.6 Å². The molecule has 88 valence electrons. The van der Waals surface area contributed by atoms with Crippen LogP contribution in [-0.4, -0.2) is 17.1 Å². The molecule has 0 spiro atoms. The summed E-state index contributed by atoms with van der Waals surface area (Å²) in [5.74, 6) is 0.861. The molecule has 2 atom stereocenters. The largest absolute Gasteiger partial charge is 0.481 e. The standard InChI is InChI=1S/C12H23NO2/c1-9(7-10-3-2-4-10)5-6-11(13)8-12(14)15/h9-11H,2-8,13H2,1H3,(H,14,15)/t9-,11+/m1/s1. The van der Waals surface area contributed by atoms with Crippen LogP contribution in [0.3, 0.4) is 0 Å². The van der Waals surface area contributed by atoms with Gasteiger partial charge in [0.15, 0.2) is 0 Å². The molecule has 1 rings (SSSR count). The Labute approximate surface area is 92.0 Å². The molecule has 0 amide bonds. The first kappa shape index (κ1) is 12.5. The van der Waals surface area contributed by atoms with E-state index in [0.717, 1.165) is 18.8 Å². The van der Waals surface area contributed by atoms with Crippen molar-refractivity contribution in [3.05, 3.63) is 0 Å². The molecule has 0 aromatic heterocycles. The summed E-state index contributed by atoms with van der Waals surface area (Å²) in [7, 11) is 0. The highest BCUT2D eigenvalue weighted by molar-refractivity contribution is 5.67. The Kier molecular flexibility index (Phi) is 5.09. The molecule has 3 N–H and O–H groups in total. The third kappa shape index (κ3) is 5.17. The van der Waals surface area contributed by atoms with Crippen LogP contribution >= 0.6 is 0 Å². The van der Waals surface area contributed by atoms with Crippen molar-refractivity contribution < 1.29 is 9.90 Å². The molecule has 1 aliphatic rings. The third-order valence-electron chi connectivity index (χ3n) is 3.43. The van der Waals surface area contributed by atoms with E-state index in [1.807, 2.05) is 0 Å². The van der Waals surface area contributed by atoms with Crippen molar-refractivity contribution >= 4 is 5.97 Å². The van der Waals surface area contributed by atoms with E-state index in [-0.39, 0.29) is 12.5 Å². The van der Waals surface area contributed by atoms with Gasteiger partial charge in [0.1, 0.15) is 0 Å². The van der Waals surface area contributed by atoms with Gasteiger partial charge in [0.25, 0.3) is 0 Å². The monoisotopic (exact) mass is 213 g/mol. The van der Waals surface area contributed by atoms with Crippen molar-refractivity contribution in [1.82, 2.24) is 0 Å². The van der Waals surface area contributed by atoms with Gasteiger partial charge >= 0.3 is 5.97 Å². The van der Waals surface area contributed by atoms with Crippen molar-refractivity contribution in [3.8, 4) is 0 Å². The summed E-state index contributed by atoms with van der Waals surface area (Å²) in [6.07, 6.45) is 7.52. The highest BCUT2D eigenvalue weighted by Crippen LogP contribution is 2.33. The fourth-order valence-electron chi connectivity index (χ4n) is 2.24. The van der Waals surface area contributed by atoms with E-state index < -0.39 is 5.97 Å². The Bertz CT molecular complexity index is 202. The maximum absolute atomic E-state index is 10.4. The van der Waals surface area contributed by atoms with Gasteiger partial charge in [-0.05, 0) is 31.1 Å². The average molecular weight is 213 g/mol. The molecule has 0 unspecified atom stereocenters. The first-order valence-electron chi connectivity index (χ1n) is 6.05. The first-order chi connectivity index (χ1) is 7.08. The molecular formula is C12H23NO2. The van der Waals surface area contributed by atoms with Crippen LogP contribution in [0, 0.1) is 11.8 Å². The lowest BCUT2D eigenvalue weighted by atomic mass is 9.78. The summed E-state index contributed by atoms with van der Waals surface area (Å²) < 4.78 is 0. The van der Waals surface area contributed by atoms with Gasteiger partial charge in [-0.2, -0.15) is 0 Å². The van der Waals surface area contributed by atoms with Crippen LogP contribution < -0.4 is 5.73 Å². The number of hydrogen-bond acceptors (Lipinski definition) is 2. The van der Waals surface area contributed by atoms with Gasteiger partial charge in [-0.25, -0.2) is 0 Å². The molecule has 0 bridgehead atoms. The molecule has 1 saturated carbocycles. The topological polar surface area (TPSA) is 63.3 Å². The van der Waals surface area contributed by atoms with Crippen molar-refractivity contribution in [2.75, 3.05) is 0 Å². The Morgan fingerprint density at radius 3 is 2.60 bits per heavy atom. The number of carboxylic acid groups (broad SMARTS) is 1.